The van der Waals surface area contributed by atoms with Crippen molar-refractivity contribution in [1.82, 2.24) is 10.3 Å². The van der Waals surface area contributed by atoms with Crippen molar-refractivity contribution in [3.63, 3.8) is 0 Å². The smallest absolute Gasteiger partial charge is 0.321 e. The van der Waals surface area contributed by atoms with Gasteiger partial charge < -0.3 is 16.2 Å². The molecule has 0 fully saturated rings. The van der Waals surface area contributed by atoms with Gasteiger partial charge in [0.05, 0.1) is 11.3 Å². The lowest BCUT2D eigenvalue weighted by atomic mass is 10.1. The molecule has 0 aliphatic rings. The van der Waals surface area contributed by atoms with Gasteiger partial charge in [-0.25, -0.2) is 0 Å². The summed E-state index contributed by atoms with van der Waals surface area (Å²) in [7, 11) is 0. The van der Waals surface area contributed by atoms with Crippen molar-refractivity contribution in [1.29, 1.82) is 0 Å². The Bertz CT molecular complexity index is 812. The molecule has 2 rings (SSSR count). The first-order valence-electron chi connectivity index (χ1n) is 7.55. The number of amides is 1. The maximum absolute atomic E-state index is 12.1. The molecule has 10 nitrogen and oxygen atoms in total. The number of nitro groups is 1. The van der Waals surface area contributed by atoms with Crippen molar-refractivity contribution in [3.8, 4) is 0 Å². The summed E-state index contributed by atoms with van der Waals surface area (Å²) in [6.45, 7) is 0.228. The summed E-state index contributed by atoms with van der Waals surface area (Å²) in [4.78, 5) is 37.5. The number of hydrogen-bond acceptors (Lipinski definition) is 7. The first kappa shape index (κ1) is 18.8. The first-order chi connectivity index (χ1) is 12.4. The highest BCUT2D eigenvalue weighted by molar-refractivity contribution is 5.94. The number of nitrogens with one attached hydrogen (secondary N) is 2. The van der Waals surface area contributed by atoms with Crippen LogP contribution in [-0.2, 0) is 16.1 Å². The Kier molecular flexibility index (Phi) is 6.17. The first-order valence-corrected chi connectivity index (χ1v) is 7.55. The Hall–Kier alpha value is -3.53. The van der Waals surface area contributed by atoms with Crippen LogP contribution in [0.1, 0.15) is 12.0 Å². The van der Waals surface area contributed by atoms with Gasteiger partial charge in [0.2, 0.25) is 5.91 Å². The van der Waals surface area contributed by atoms with Gasteiger partial charge in [0.25, 0.3) is 5.69 Å². The van der Waals surface area contributed by atoms with Gasteiger partial charge >= 0.3 is 5.97 Å². The van der Waals surface area contributed by atoms with Crippen LogP contribution in [0.5, 0.6) is 0 Å². The molecule has 0 spiro atoms. The SMILES string of the molecule is Nc1ccc(NC(=O)CC(NCc2cccnc2)C(=O)O)cc1[N+](=O)[O-]. The number of anilines is 2. The molecule has 5 N–H and O–H groups in total. The molecule has 2 aromatic rings. The number of rotatable bonds is 8. The number of carboxylic acid groups (broad SMARTS) is 1. The van der Waals surface area contributed by atoms with Crippen molar-refractivity contribution >= 4 is 28.9 Å². The highest BCUT2D eigenvalue weighted by Gasteiger charge is 2.21. The summed E-state index contributed by atoms with van der Waals surface area (Å²) in [6.07, 6.45) is 2.82. The van der Waals surface area contributed by atoms with Gasteiger partial charge in [-0.1, -0.05) is 6.07 Å². The van der Waals surface area contributed by atoms with Crippen LogP contribution in [0.15, 0.2) is 42.7 Å². The van der Waals surface area contributed by atoms with Gasteiger partial charge in [-0.05, 0) is 23.8 Å². The third kappa shape index (κ3) is 5.24. The zero-order chi connectivity index (χ0) is 19.1. The number of nitrogens with zero attached hydrogens (tertiary/aromatic N) is 2. The van der Waals surface area contributed by atoms with E-state index < -0.39 is 22.8 Å². The van der Waals surface area contributed by atoms with Crippen LogP contribution in [0.25, 0.3) is 0 Å². The van der Waals surface area contributed by atoms with Crippen molar-refractivity contribution in [2.75, 3.05) is 11.1 Å². The van der Waals surface area contributed by atoms with Crippen LogP contribution < -0.4 is 16.4 Å². The highest BCUT2D eigenvalue weighted by atomic mass is 16.6. The second kappa shape index (κ2) is 8.53. The minimum Gasteiger partial charge on any atom is -0.480 e. The zero-order valence-electron chi connectivity index (χ0n) is 13.6. The molecule has 0 bridgehead atoms. The van der Waals surface area contributed by atoms with Crippen LogP contribution in [0.2, 0.25) is 0 Å². The van der Waals surface area contributed by atoms with E-state index in [-0.39, 0.29) is 30.0 Å². The van der Waals surface area contributed by atoms with E-state index in [0.29, 0.717) is 0 Å². The maximum atomic E-state index is 12.1. The quantitative estimate of drug-likeness (QED) is 0.310. The van der Waals surface area contributed by atoms with E-state index in [1.54, 1.807) is 24.5 Å². The lowest BCUT2D eigenvalue weighted by Crippen LogP contribution is -2.39. The molecule has 1 heterocycles. The van der Waals surface area contributed by atoms with E-state index in [4.69, 9.17) is 5.73 Å². The van der Waals surface area contributed by atoms with Gasteiger partial charge in [0.1, 0.15) is 11.7 Å². The van der Waals surface area contributed by atoms with Crippen LogP contribution >= 0.6 is 0 Å². The minimum absolute atomic E-state index is 0.0328. The molecule has 0 aliphatic carbocycles. The molecule has 1 aromatic heterocycles. The highest BCUT2D eigenvalue weighted by Crippen LogP contribution is 2.25. The molecular formula is C16H17N5O5. The Morgan fingerprint density at radius 1 is 1.35 bits per heavy atom. The lowest BCUT2D eigenvalue weighted by molar-refractivity contribution is -0.383. The van der Waals surface area contributed by atoms with E-state index in [9.17, 15) is 24.8 Å². The number of carbonyl (C=O) groups is 2. The van der Waals surface area contributed by atoms with Crippen LogP contribution in [-0.4, -0.2) is 32.9 Å². The summed E-state index contributed by atoms with van der Waals surface area (Å²) in [5.41, 5.74) is 6.05. The number of aromatic nitrogens is 1. The number of benzene rings is 1. The summed E-state index contributed by atoms with van der Waals surface area (Å²) in [5.74, 6) is -1.79. The standard InChI is InChI=1S/C16H17N5O5/c17-12-4-3-11(6-14(12)21(25)26)20-15(22)7-13(16(23)24)19-9-10-2-1-5-18-8-10/h1-6,8,13,19H,7,9,17H2,(H,20,22)(H,23,24). The number of pyridine rings is 1. The van der Waals surface area contributed by atoms with E-state index in [1.165, 1.54) is 12.1 Å². The minimum atomic E-state index is -1.19. The van der Waals surface area contributed by atoms with Gasteiger partial charge in [-0.2, -0.15) is 0 Å². The predicted molar refractivity (Wildman–Crippen MR) is 93.3 cm³/mol. The largest absolute Gasteiger partial charge is 0.480 e. The summed E-state index contributed by atoms with van der Waals surface area (Å²) >= 11 is 0. The monoisotopic (exact) mass is 359 g/mol. The number of aliphatic carboxylic acids is 1. The van der Waals surface area contributed by atoms with Crippen molar-refractivity contribution in [2.24, 2.45) is 0 Å². The normalized spacial score (nSPS) is 11.5. The molecule has 1 atom stereocenters. The molecule has 0 saturated carbocycles. The van der Waals surface area contributed by atoms with Crippen molar-refractivity contribution < 1.29 is 19.6 Å². The third-order valence-corrected chi connectivity index (χ3v) is 3.47. The number of nitrogen functional groups attached to an aromatic ring is 1. The lowest BCUT2D eigenvalue weighted by Gasteiger charge is -2.14. The van der Waals surface area contributed by atoms with Crippen molar-refractivity contribution in [2.45, 2.75) is 19.0 Å². The number of hydrogen-bond donors (Lipinski definition) is 4. The fourth-order valence-electron chi connectivity index (χ4n) is 2.17. The summed E-state index contributed by atoms with van der Waals surface area (Å²) < 4.78 is 0. The van der Waals surface area contributed by atoms with Gasteiger partial charge in [0, 0.05) is 30.7 Å². The maximum Gasteiger partial charge on any atom is 0.321 e. The molecule has 1 unspecified atom stereocenters. The number of carbonyl (C=O) groups excluding carboxylic acids is 1. The molecule has 10 heteroatoms. The molecule has 0 radical (unpaired) electrons. The Labute approximate surface area is 148 Å². The number of nitro benzene ring substituents is 1. The molecule has 1 aromatic carbocycles. The van der Waals surface area contributed by atoms with Gasteiger partial charge in [0.15, 0.2) is 0 Å². The van der Waals surface area contributed by atoms with E-state index >= 15 is 0 Å². The zero-order valence-corrected chi connectivity index (χ0v) is 13.6. The Balaban J connectivity index is 1.98. The average molecular weight is 359 g/mol. The second-order valence-corrected chi connectivity index (χ2v) is 5.42. The van der Waals surface area contributed by atoms with Gasteiger partial charge in [-0.15, -0.1) is 0 Å². The summed E-state index contributed by atoms with van der Waals surface area (Å²) in [6, 6.07) is 6.17. The van der Waals surface area contributed by atoms with E-state index in [1.807, 2.05) is 0 Å². The molecule has 136 valence electrons. The second-order valence-electron chi connectivity index (χ2n) is 5.42. The fraction of sp³-hybridized carbons (Fsp3) is 0.188. The van der Waals surface area contributed by atoms with Crippen LogP contribution in [0.3, 0.4) is 0 Å². The van der Waals surface area contributed by atoms with Crippen molar-refractivity contribution in [3.05, 3.63) is 58.4 Å². The predicted octanol–water partition coefficient (Wildman–Crippen LogP) is 1.14. The third-order valence-electron chi connectivity index (χ3n) is 3.47. The Morgan fingerprint density at radius 3 is 2.73 bits per heavy atom. The van der Waals surface area contributed by atoms with Gasteiger partial charge in [-0.3, -0.25) is 30.0 Å². The molecule has 26 heavy (non-hydrogen) atoms. The van der Waals surface area contributed by atoms with E-state index in [0.717, 1.165) is 11.6 Å². The fourth-order valence-corrected chi connectivity index (χ4v) is 2.17. The number of carboxylic acids is 1. The molecule has 1 amide bonds. The van der Waals surface area contributed by atoms with Crippen LogP contribution in [0.4, 0.5) is 17.1 Å². The summed E-state index contributed by atoms with van der Waals surface area (Å²) in [5, 5.41) is 25.3. The molecule has 0 saturated heterocycles. The Morgan fingerprint density at radius 2 is 2.12 bits per heavy atom. The average Bonchev–Trinajstić information content (AvgIpc) is 2.60. The number of nitrogens with two attached hydrogens (primary N) is 1. The van der Waals surface area contributed by atoms with Crippen LogP contribution in [0, 0.1) is 10.1 Å². The topological polar surface area (TPSA) is 160 Å². The van der Waals surface area contributed by atoms with E-state index in [2.05, 4.69) is 15.6 Å². The molecular weight excluding hydrogens is 342 g/mol. The molecule has 0 aliphatic heterocycles.